The first kappa shape index (κ1) is 14.7. The van der Waals surface area contributed by atoms with Gasteiger partial charge in [0.25, 0.3) is 0 Å². The third kappa shape index (κ3) is 3.25. The molecule has 1 saturated carbocycles. The fourth-order valence-electron chi connectivity index (χ4n) is 2.38. The summed E-state index contributed by atoms with van der Waals surface area (Å²) in [6.07, 6.45) is 1.73. The van der Waals surface area contributed by atoms with Crippen molar-refractivity contribution in [2.24, 2.45) is 17.3 Å². The van der Waals surface area contributed by atoms with Crippen LogP contribution in [0.25, 0.3) is 0 Å². The molecule has 2 nitrogen and oxygen atoms in total. The first-order chi connectivity index (χ1) is 8.82. The maximum atomic E-state index is 12.2. The monoisotopic (exact) mass is 317 g/mol. The number of nitrogens with one attached hydrogen (secondary N) is 1. The number of carbonyl (C=O) groups is 1. The highest BCUT2D eigenvalue weighted by Gasteiger charge is 2.60. The lowest BCUT2D eigenvalue weighted by atomic mass is 10.1. The molecule has 0 unspecified atom stereocenters. The Morgan fingerprint density at radius 3 is 2.37 bits per heavy atom. The highest BCUT2D eigenvalue weighted by atomic mass is 35.5. The van der Waals surface area contributed by atoms with Gasteiger partial charge in [0.2, 0.25) is 5.91 Å². The molecule has 0 heterocycles. The minimum Gasteiger partial charge on any atom is -0.326 e. The van der Waals surface area contributed by atoms with Crippen LogP contribution in [0.4, 0.5) is 5.69 Å². The van der Waals surface area contributed by atoms with Gasteiger partial charge in [-0.25, -0.2) is 0 Å². The van der Waals surface area contributed by atoms with Crippen molar-refractivity contribution < 1.29 is 4.79 Å². The number of allylic oxidation sites excluding steroid dienone is 1. The number of amides is 1. The van der Waals surface area contributed by atoms with Crippen LogP contribution in [0.5, 0.6) is 0 Å². The van der Waals surface area contributed by atoms with Gasteiger partial charge in [-0.2, -0.15) is 0 Å². The van der Waals surface area contributed by atoms with Crippen LogP contribution in [-0.4, -0.2) is 5.91 Å². The van der Waals surface area contributed by atoms with Gasteiger partial charge in [0.05, 0.1) is 5.92 Å². The van der Waals surface area contributed by atoms with Crippen molar-refractivity contribution in [3.63, 3.8) is 0 Å². The van der Waals surface area contributed by atoms with Crippen LogP contribution in [0.3, 0.4) is 0 Å². The normalized spacial score (nSPS) is 23.6. The van der Waals surface area contributed by atoms with Crippen molar-refractivity contribution in [1.29, 1.82) is 0 Å². The van der Waals surface area contributed by atoms with E-state index in [0.29, 0.717) is 5.02 Å². The molecule has 1 aromatic rings. The van der Waals surface area contributed by atoms with Gasteiger partial charge in [-0.3, -0.25) is 4.79 Å². The third-order valence-electron chi connectivity index (χ3n) is 3.61. The van der Waals surface area contributed by atoms with E-state index in [0.717, 1.165) is 5.69 Å². The van der Waals surface area contributed by atoms with Crippen molar-refractivity contribution >= 4 is 46.4 Å². The number of hydrogen-bond acceptors (Lipinski definition) is 1. The first-order valence-electron chi connectivity index (χ1n) is 5.91. The van der Waals surface area contributed by atoms with Crippen molar-refractivity contribution in [1.82, 2.24) is 0 Å². The van der Waals surface area contributed by atoms with E-state index in [1.165, 1.54) is 0 Å². The fraction of sp³-hybridized carbons (Fsp3) is 0.357. The second-order valence-corrected chi connectivity index (χ2v) is 6.72. The standard InChI is InChI=1S/C14H14Cl3NO/c1-14(2)10(7-11(16)17)12(14)13(19)18-9-5-3-8(15)4-6-9/h3-7,10,12H,1-2H3,(H,18,19)/t10-,12+/m0/s1. The molecule has 0 spiro atoms. The lowest BCUT2D eigenvalue weighted by Crippen LogP contribution is -2.16. The lowest BCUT2D eigenvalue weighted by molar-refractivity contribution is -0.118. The van der Waals surface area contributed by atoms with Gasteiger partial charge in [0.1, 0.15) is 4.49 Å². The maximum absolute atomic E-state index is 12.2. The molecule has 0 aromatic heterocycles. The van der Waals surface area contributed by atoms with E-state index < -0.39 is 0 Å². The number of benzene rings is 1. The fourth-order valence-corrected chi connectivity index (χ4v) is 2.78. The number of carbonyl (C=O) groups excluding carboxylic acids is 1. The molecule has 19 heavy (non-hydrogen) atoms. The van der Waals surface area contributed by atoms with Crippen LogP contribution < -0.4 is 5.32 Å². The Morgan fingerprint density at radius 2 is 1.84 bits per heavy atom. The first-order valence-corrected chi connectivity index (χ1v) is 7.05. The summed E-state index contributed by atoms with van der Waals surface area (Å²) in [5.41, 5.74) is 0.614. The van der Waals surface area contributed by atoms with Crippen molar-refractivity contribution in [2.75, 3.05) is 5.32 Å². The smallest absolute Gasteiger partial charge is 0.228 e. The second-order valence-electron chi connectivity index (χ2n) is 5.28. The van der Waals surface area contributed by atoms with E-state index in [1.807, 2.05) is 13.8 Å². The minimum absolute atomic E-state index is 0.0249. The molecule has 1 aromatic carbocycles. The Balaban J connectivity index is 2.05. The summed E-state index contributed by atoms with van der Waals surface area (Å²) in [5, 5.41) is 3.52. The Kier molecular flexibility index (Phi) is 4.14. The number of anilines is 1. The Morgan fingerprint density at radius 1 is 1.26 bits per heavy atom. The second kappa shape index (κ2) is 5.35. The number of rotatable bonds is 3. The Hall–Kier alpha value is -0.700. The van der Waals surface area contributed by atoms with Crippen molar-refractivity contribution in [3.8, 4) is 0 Å². The van der Waals surface area contributed by atoms with Crippen LogP contribution in [-0.2, 0) is 4.79 Å². The molecule has 0 aliphatic heterocycles. The van der Waals surface area contributed by atoms with Crippen LogP contribution in [0, 0.1) is 17.3 Å². The van der Waals surface area contributed by atoms with Crippen LogP contribution in [0.15, 0.2) is 34.8 Å². The molecule has 0 radical (unpaired) electrons. The Bertz CT molecular complexity index is 518. The summed E-state index contributed by atoms with van der Waals surface area (Å²) in [6.45, 7) is 4.05. The van der Waals surface area contributed by atoms with Gasteiger partial charge >= 0.3 is 0 Å². The molecule has 1 aliphatic rings. The van der Waals surface area contributed by atoms with Crippen molar-refractivity contribution in [2.45, 2.75) is 13.8 Å². The van der Waals surface area contributed by atoms with Gasteiger partial charge < -0.3 is 5.32 Å². The largest absolute Gasteiger partial charge is 0.326 e. The zero-order valence-corrected chi connectivity index (χ0v) is 12.9. The minimum atomic E-state index is -0.120. The molecule has 1 fully saturated rings. The van der Waals surface area contributed by atoms with E-state index in [1.54, 1.807) is 30.3 Å². The zero-order valence-electron chi connectivity index (χ0n) is 10.6. The van der Waals surface area contributed by atoms with Crippen LogP contribution >= 0.6 is 34.8 Å². The summed E-state index contributed by atoms with van der Waals surface area (Å²) < 4.78 is 0.208. The van der Waals surface area contributed by atoms with E-state index in [2.05, 4.69) is 5.32 Å². The molecule has 5 heteroatoms. The predicted molar refractivity (Wildman–Crippen MR) is 80.6 cm³/mol. The summed E-state index contributed by atoms with van der Waals surface area (Å²) in [7, 11) is 0. The predicted octanol–water partition coefficient (Wildman–Crippen LogP) is 4.87. The highest BCUT2D eigenvalue weighted by molar-refractivity contribution is 6.55. The number of halogens is 3. The molecule has 0 bridgehead atoms. The molecule has 1 amide bonds. The molecule has 1 N–H and O–H groups in total. The molecule has 2 rings (SSSR count). The summed E-state index contributed by atoms with van der Waals surface area (Å²) >= 11 is 17.1. The van der Waals surface area contributed by atoms with Gasteiger partial charge in [0.15, 0.2) is 0 Å². The SMILES string of the molecule is CC1(C)[C@@H](C=C(Cl)Cl)[C@@H]1C(=O)Nc1ccc(Cl)cc1. The zero-order chi connectivity index (χ0) is 14.2. The summed E-state index contributed by atoms with van der Waals surface area (Å²) in [5.74, 6) is -0.0661. The Labute approximate surface area is 127 Å². The van der Waals surface area contributed by atoms with Gasteiger partial charge in [-0.15, -0.1) is 0 Å². The highest BCUT2D eigenvalue weighted by Crippen LogP contribution is 2.59. The topological polar surface area (TPSA) is 29.1 Å². The van der Waals surface area contributed by atoms with Gasteiger partial charge in [-0.1, -0.05) is 48.7 Å². The molecule has 2 atom stereocenters. The average Bonchev–Trinajstić information content (AvgIpc) is 2.83. The van der Waals surface area contributed by atoms with E-state index in [-0.39, 0.29) is 27.6 Å². The van der Waals surface area contributed by atoms with E-state index >= 15 is 0 Å². The van der Waals surface area contributed by atoms with E-state index in [9.17, 15) is 4.79 Å². The molecule has 1 aliphatic carbocycles. The quantitative estimate of drug-likeness (QED) is 0.846. The molecular weight excluding hydrogens is 305 g/mol. The van der Waals surface area contributed by atoms with Crippen LogP contribution in [0.1, 0.15) is 13.8 Å². The third-order valence-corrected chi connectivity index (χ3v) is 4.11. The van der Waals surface area contributed by atoms with Gasteiger partial charge in [-0.05, 0) is 41.7 Å². The lowest BCUT2D eigenvalue weighted by Gasteiger charge is -2.06. The molecule has 0 saturated heterocycles. The van der Waals surface area contributed by atoms with E-state index in [4.69, 9.17) is 34.8 Å². The number of hydrogen-bond donors (Lipinski definition) is 1. The molecule has 102 valence electrons. The average molecular weight is 319 g/mol. The summed E-state index contributed by atoms with van der Waals surface area (Å²) in [6, 6.07) is 7.02. The molecular formula is C14H14Cl3NO. The maximum Gasteiger partial charge on any atom is 0.228 e. The van der Waals surface area contributed by atoms with Crippen molar-refractivity contribution in [3.05, 3.63) is 39.9 Å². The van der Waals surface area contributed by atoms with Gasteiger partial charge in [0, 0.05) is 10.7 Å². The van der Waals surface area contributed by atoms with Crippen LogP contribution in [0.2, 0.25) is 5.02 Å². The summed E-state index contributed by atoms with van der Waals surface area (Å²) in [4.78, 5) is 12.2.